The van der Waals surface area contributed by atoms with E-state index in [1.807, 2.05) is 6.07 Å². The normalized spacial score (nSPS) is 11.8. The summed E-state index contributed by atoms with van der Waals surface area (Å²) >= 11 is 0. The maximum Gasteiger partial charge on any atom is 0.237 e. The Morgan fingerprint density at radius 2 is 2.57 bits per heavy atom. The zero-order chi connectivity index (χ0) is 10.6. The van der Waals surface area contributed by atoms with Gasteiger partial charge in [-0.05, 0) is 13.8 Å². The van der Waals surface area contributed by atoms with Crippen molar-refractivity contribution in [3.05, 3.63) is 17.5 Å². The minimum absolute atomic E-state index is 0.270. The Hall–Kier alpha value is -1.83. The number of hydrogen-bond donors (Lipinski definition) is 1. The SMILES string of the molecule is Cc1cc(CNC(=O)C(C)C#N)on1. The van der Waals surface area contributed by atoms with Gasteiger partial charge in [-0.3, -0.25) is 4.79 Å². The van der Waals surface area contributed by atoms with Crippen molar-refractivity contribution in [3.8, 4) is 6.07 Å². The third kappa shape index (κ3) is 2.59. The molecule has 0 saturated heterocycles. The van der Waals surface area contributed by atoms with Crippen LogP contribution >= 0.6 is 0 Å². The van der Waals surface area contributed by atoms with E-state index in [4.69, 9.17) is 9.78 Å². The van der Waals surface area contributed by atoms with Crippen molar-refractivity contribution in [3.63, 3.8) is 0 Å². The van der Waals surface area contributed by atoms with Gasteiger partial charge in [-0.2, -0.15) is 5.26 Å². The highest BCUT2D eigenvalue weighted by Gasteiger charge is 2.11. The smallest absolute Gasteiger partial charge is 0.237 e. The monoisotopic (exact) mass is 193 g/mol. The lowest BCUT2D eigenvalue weighted by Crippen LogP contribution is -2.27. The average molecular weight is 193 g/mol. The third-order valence-corrected chi connectivity index (χ3v) is 1.70. The highest BCUT2D eigenvalue weighted by molar-refractivity contribution is 5.80. The Morgan fingerprint density at radius 3 is 3.07 bits per heavy atom. The van der Waals surface area contributed by atoms with Gasteiger partial charge in [0.2, 0.25) is 5.91 Å². The van der Waals surface area contributed by atoms with Crippen LogP contribution in [0.4, 0.5) is 0 Å². The summed E-state index contributed by atoms with van der Waals surface area (Å²) in [6.45, 7) is 3.61. The van der Waals surface area contributed by atoms with E-state index in [2.05, 4.69) is 10.5 Å². The van der Waals surface area contributed by atoms with Gasteiger partial charge in [-0.25, -0.2) is 0 Å². The number of amides is 1. The fourth-order valence-corrected chi connectivity index (χ4v) is 0.886. The Labute approximate surface area is 81.7 Å². The number of nitrogens with one attached hydrogen (secondary N) is 1. The zero-order valence-electron chi connectivity index (χ0n) is 8.07. The molecule has 0 bridgehead atoms. The molecule has 1 heterocycles. The van der Waals surface area contributed by atoms with Gasteiger partial charge >= 0.3 is 0 Å². The molecule has 0 saturated carbocycles. The van der Waals surface area contributed by atoms with Crippen molar-refractivity contribution in [2.24, 2.45) is 5.92 Å². The van der Waals surface area contributed by atoms with E-state index in [-0.39, 0.29) is 12.5 Å². The summed E-state index contributed by atoms with van der Waals surface area (Å²) in [6, 6.07) is 3.58. The standard InChI is InChI=1S/C9H11N3O2/c1-6(4-10)9(13)11-5-8-3-7(2)12-14-8/h3,6H,5H2,1-2H3,(H,11,13). The highest BCUT2D eigenvalue weighted by Crippen LogP contribution is 2.01. The number of aryl methyl sites for hydroxylation is 1. The van der Waals surface area contributed by atoms with Crippen LogP contribution in [0.3, 0.4) is 0 Å². The van der Waals surface area contributed by atoms with Crippen LogP contribution in [-0.2, 0) is 11.3 Å². The zero-order valence-corrected chi connectivity index (χ0v) is 8.07. The van der Waals surface area contributed by atoms with Crippen LogP contribution in [0.5, 0.6) is 0 Å². The Morgan fingerprint density at radius 1 is 1.86 bits per heavy atom. The number of aromatic nitrogens is 1. The summed E-state index contributed by atoms with van der Waals surface area (Å²) in [4.78, 5) is 11.2. The lowest BCUT2D eigenvalue weighted by molar-refractivity contribution is -0.123. The molecule has 1 aromatic heterocycles. The minimum Gasteiger partial charge on any atom is -0.359 e. The van der Waals surface area contributed by atoms with Crippen LogP contribution in [-0.4, -0.2) is 11.1 Å². The number of carbonyl (C=O) groups is 1. The van der Waals surface area contributed by atoms with E-state index in [0.29, 0.717) is 5.76 Å². The molecule has 5 heteroatoms. The lowest BCUT2D eigenvalue weighted by atomic mass is 10.2. The van der Waals surface area contributed by atoms with Gasteiger partial charge in [0.15, 0.2) is 5.76 Å². The summed E-state index contributed by atoms with van der Waals surface area (Å²) in [6.07, 6.45) is 0. The molecule has 1 aromatic rings. The van der Waals surface area contributed by atoms with E-state index in [1.165, 1.54) is 0 Å². The molecule has 14 heavy (non-hydrogen) atoms. The van der Waals surface area contributed by atoms with Gasteiger partial charge in [-0.15, -0.1) is 0 Å². The minimum atomic E-state index is -0.640. The first-order chi connectivity index (χ1) is 6.63. The van der Waals surface area contributed by atoms with Gasteiger partial charge < -0.3 is 9.84 Å². The van der Waals surface area contributed by atoms with Crippen LogP contribution in [0.15, 0.2) is 10.6 Å². The first kappa shape index (κ1) is 10.3. The van der Waals surface area contributed by atoms with Crippen LogP contribution in [0.25, 0.3) is 0 Å². The van der Waals surface area contributed by atoms with Crippen molar-refractivity contribution >= 4 is 5.91 Å². The van der Waals surface area contributed by atoms with Crippen LogP contribution in [0.1, 0.15) is 18.4 Å². The molecule has 0 aliphatic rings. The highest BCUT2D eigenvalue weighted by atomic mass is 16.5. The lowest BCUT2D eigenvalue weighted by Gasteiger charge is -2.02. The van der Waals surface area contributed by atoms with Crippen molar-refractivity contribution in [2.75, 3.05) is 0 Å². The van der Waals surface area contributed by atoms with Crippen molar-refractivity contribution < 1.29 is 9.32 Å². The molecule has 0 aromatic carbocycles. The molecular formula is C9H11N3O2. The Balaban J connectivity index is 2.42. The van der Waals surface area contributed by atoms with Gasteiger partial charge in [0.05, 0.1) is 18.3 Å². The summed E-state index contributed by atoms with van der Waals surface area (Å²) in [5.41, 5.74) is 0.766. The van der Waals surface area contributed by atoms with E-state index in [1.54, 1.807) is 19.9 Å². The molecule has 0 fully saturated rings. The summed E-state index contributed by atoms with van der Waals surface area (Å²) < 4.78 is 4.88. The van der Waals surface area contributed by atoms with E-state index in [0.717, 1.165) is 5.69 Å². The molecule has 0 aliphatic heterocycles. The molecule has 0 spiro atoms. The first-order valence-corrected chi connectivity index (χ1v) is 4.23. The maximum atomic E-state index is 11.2. The van der Waals surface area contributed by atoms with Gasteiger partial charge in [0.25, 0.3) is 0 Å². The quantitative estimate of drug-likeness (QED) is 0.768. The molecule has 1 unspecified atom stereocenters. The molecule has 5 nitrogen and oxygen atoms in total. The summed E-state index contributed by atoms with van der Waals surface area (Å²) in [7, 11) is 0. The number of rotatable bonds is 3. The first-order valence-electron chi connectivity index (χ1n) is 4.23. The third-order valence-electron chi connectivity index (χ3n) is 1.70. The molecule has 1 N–H and O–H groups in total. The van der Waals surface area contributed by atoms with Crippen LogP contribution < -0.4 is 5.32 Å². The van der Waals surface area contributed by atoms with Crippen molar-refractivity contribution in [2.45, 2.75) is 20.4 Å². The van der Waals surface area contributed by atoms with E-state index < -0.39 is 5.92 Å². The fourth-order valence-electron chi connectivity index (χ4n) is 0.886. The molecule has 0 radical (unpaired) electrons. The summed E-state index contributed by atoms with van der Waals surface area (Å²) in [5.74, 6) is -0.360. The van der Waals surface area contributed by atoms with Crippen LogP contribution in [0, 0.1) is 24.2 Å². The van der Waals surface area contributed by atoms with Crippen molar-refractivity contribution in [1.29, 1.82) is 5.26 Å². The fraction of sp³-hybridized carbons (Fsp3) is 0.444. The average Bonchev–Trinajstić information content (AvgIpc) is 2.59. The number of hydrogen-bond acceptors (Lipinski definition) is 4. The molecule has 1 atom stereocenters. The largest absolute Gasteiger partial charge is 0.359 e. The number of carbonyl (C=O) groups excluding carboxylic acids is 1. The number of nitriles is 1. The topological polar surface area (TPSA) is 78.9 Å². The van der Waals surface area contributed by atoms with E-state index in [9.17, 15) is 4.79 Å². The Kier molecular flexibility index (Phi) is 3.24. The predicted molar refractivity (Wildman–Crippen MR) is 47.9 cm³/mol. The van der Waals surface area contributed by atoms with Gasteiger partial charge in [0, 0.05) is 6.07 Å². The predicted octanol–water partition coefficient (Wildman–Crippen LogP) is 0.759. The second-order valence-electron chi connectivity index (χ2n) is 3.00. The second-order valence-corrected chi connectivity index (χ2v) is 3.00. The molecule has 74 valence electrons. The second kappa shape index (κ2) is 4.42. The van der Waals surface area contributed by atoms with Gasteiger partial charge in [0.1, 0.15) is 5.92 Å². The van der Waals surface area contributed by atoms with Gasteiger partial charge in [-0.1, -0.05) is 5.16 Å². The molecular weight excluding hydrogens is 182 g/mol. The van der Waals surface area contributed by atoms with Crippen molar-refractivity contribution in [1.82, 2.24) is 10.5 Å². The molecule has 1 amide bonds. The van der Waals surface area contributed by atoms with E-state index >= 15 is 0 Å². The Bertz CT molecular complexity index is 364. The molecule has 1 rings (SSSR count). The maximum absolute atomic E-state index is 11.2. The van der Waals surface area contributed by atoms with Crippen LogP contribution in [0.2, 0.25) is 0 Å². The number of nitrogens with zero attached hydrogens (tertiary/aromatic N) is 2. The molecule has 0 aliphatic carbocycles. The summed E-state index contributed by atoms with van der Waals surface area (Å²) in [5, 5.41) is 14.7.